The first kappa shape index (κ1) is 20.5. The Morgan fingerprint density at radius 1 is 1.27 bits per heavy atom. The number of nitrogens with zero attached hydrogens (tertiary/aromatic N) is 3. The predicted molar refractivity (Wildman–Crippen MR) is 106 cm³/mol. The maximum Gasteiger partial charge on any atom is 0.193 e. The molecule has 1 N–H and O–H groups in total. The number of nitrogens with one attached hydrogen (secondary N) is 1. The fraction of sp³-hybridized carbons (Fsp3) is 0.650. The van der Waals surface area contributed by atoms with E-state index in [4.69, 9.17) is 4.74 Å². The van der Waals surface area contributed by atoms with Crippen molar-refractivity contribution in [1.82, 2.24) is 10.2 Å². The molecule has 1 aliphatic rings. The molecule has 1 saturated heterocycles. The van der Waals surface area contributed by atoms with Crippen LogP contribution in [0.2, 0.25) is 0 Å². The van der Waals surface area contributed by atoms with Crippen LogP contribution in [-0.4, -0.2) is 56.8 Å². The Kier molecular flexibility index (Phi) is 8.16. The van der Waals surface area contributed by atoms with E-state index < -0.39 is 0 Å². The third-order valence-corrected chi connectivity index (χ3v) is 4.92. The average molecular weight is 365 g/mol. The smallest absolute Gasteiger partial charge is 0.193 e. The van der Waals surface area contributed by atoms with Crippen molar-refractivity contribution in [1.29, 1.82) is 0 Å². The summed E-state index contributed by atoms with van der Waals surface area (Å²) < 4.78 is 20.1. The summed E-state index contributed by atoms with van der Waals surface area (Å²) in [4.78, 5) is 8.65. The number of guanidine groups is 1. The molecule has 2 rings (SSSR count). The number of anilines is 1. The Bertz CT molecular complexity index is 581. The van der Waals surface area contributed by atoms with E-state index in [-0.39, 0.29) is 5.82 Å². The van der Waals surface area contributed by atoms with Crippen LogP contribution in [0.15, 0.2) is 23.2 Å². The van der Waals surface area contributed by atoms with E-state index in [1.807, 2.05) is 37.8 Å². The highest BCUT2D eigenvalue weighted by Crippen LogP contribution is 2.20. The molecule has 1 aromatic rings. The van der Waals surface area contributed by atoms with Crippen LogP contribution in [0.5, 0.6) is 0 Å². The minimum absolute atomic E-state index is 0.166. The number of aliphatic imine (C=N–C) groups is 1. The van der Waals surface area contributed by atoms with Crippen molar-refractivity contribution in [2.45, 2.75) is 46.3 Å². The third-order valence-electron chi connectivity index (χ3n) is 4.92. The molecule has 1 aliphatic heterocycles. The molecule has 146 valence electrons. The van der Waals surface area contributed by atoms with Crippen molar-refractivity contribution in [2.24, 2.45) is 4.99 Å². The molecule has 1 fully saturated rings. The number of hydrogen-bond donors (Lipinski definition) is 1. The normalized spacial score (nSPS) is 16.0. The average Bonchev–Trinajstić information content (AvgIpc) is 2.66. The summed E-state index contributed by atoms with van der Waals surface area (Å²) in [7, 11) is 1.79. The van der Waals surface area contributed by atoms with Gasteiger partial charge in [0.1, 0.15) is 5.82 Å². The van der Waals surface area contributed by atoms with E-state index in [0.717, 1.165) is 57.2 Å². The van der Waals surface area contributed by atoms with Crippen LogP contribution in [0.25, 0.3) is 0 Å². The van der Waals surface area contributed by atoms with Gasteiger partial charge in [-0.05, 0) is 51.3 Å². The number of hydrogen-bond acceptors (Lipinski definition) is 3. The van der Waals surface area contributed by atoms with Crippen LogP contribution in [0, 0.1) is 5.82 Å². The van der Waals surface area contributed by atoms with Gasteiger partial charge in [0.05, 0.1) is 11.8 Å². The molecule has 0 aliphatic carbocycles. The zero-order chi connectivity index (χ0) is 18.9. The molecule has 0 unspecified atom stereocenters. The minimum atomic E-state index is -0.166. The van der Waals surface area contributed by atoms with Gasteiger partial charge in [0.25, 0.3) is 0 Å². The lowest BCUT2D eigenvalue weighted by Crippen LogP contribution is -2.46. The van der Waals surface area contributed by atoms with Crippen molar-refractivity contribution < 1.29 is 9.13 Å². The lowest BCUT2D eigenvalue weighted by Gasteiger charge is -2.34. The van der Waals surface area contributed by atoms with E-state index in [0.29, 0.717) is 18.3 Å². The van der Waals surface area contributed by atoms with E-state index in [2.05, 4.69) is 15.2 Å². The summed E-state index contributed by atoms with van der Waals surface area (Å²) in [6, 6.07) is 5.48. The first-order valence-corrected chi connectivity index (χ1v) is 9.73. The zero-order valence-corrected chi connectivity index (χ0v) is 16.6. The summed E-state index contributed by atoms with van der Waals surface area (Å²) in [5.74, 6) is 0.702. The number of benzene rings is 1. The summed E-state index contributed by atoms with van der Waals surface area (Å²) in [5.41, 5.74) is 1.59. The topological polar surface area (TPSA) is 40.1 Å². The SMILES string of the molecule is CCOC1CCN(C(=NC)NCc2ccc(N(CC)CC)c(F)c2)CC1. The first-order chi connectivity index (χ1) is 12.6. The number of likely N-dealkylation sites (tertiary alicyclic amines) is 1. The standard InChI is InChI=1S/C20H33FN4O/c1-5-24(6-2)19-9-8-16(14-18(19)21)15-23-20(22-4)25-12-10-17(11-13-25)26-7-3/h8-9,14,17H,5-7,10-13,15H2,1-4H3,(H,22,23). The maximum absolute atomic E-state index is 14.4. The van der Waals surface area contributed by atoms with Crippen molar-refractivity contribution in [3.63, 3.8) is 0 Å². The molecule has 0 spiro atoms. The molecule has 0 amide bonds. The van der Waals surface area contributed by atoms with E-state index >= 15 is 0 Å². The highest BCUT2D eigenvalue weighted by Gasteiger charge is 2.21. The van der Waals surface area contributed by atoms with Crippen LogP contribution in [0.1, 0.15) is 39.2 Å². The van der Waals surface area contributed by atoms with Gasteiger partial charge in [-0.2, -0.15) is 0 Å². The van der Waals surface area contributed by atoms with Gasteiger partial charge >= 0.3 is 0 Å². The highest BCUT2D eigenvalue weighted by atomic mass is 19.1. The molecule has 0 saturated carbocycles. The molecule has 5 nitrogen and oxygen atoms in total. The molecule has 0 atom stereocenters. The lowest BCUT2D eigenvalue weighted by molar-refractivity contribution is 0.0263. The van der Waals surface area contributed by atoms with Crippen LogP contribution >= 0.6 is 0 Å². The highest BCUT2D eigenvalue weighted by molar-refractivity contribution is 5.80. The van der Waals surface area contributed by atoms with Crippen LogP contribution < -0.4 is 10.2 Å². The van der Waals surface area contributed by atoms with Gasteiger partial charge < -0.3 is 19.9 Å². The van der Waals surface area contributed by atoms with Crippen molar-refractivity contribution in [2.75, 3.05) is 44.7 Å². The van der Waals surface area contributed by atoms with E-state index in [1.54, 1.807) is 13.1 Å². The lowest BCUT2D eigenvalue weighted by atomic mass is 10.1. The van der Waals surface area contributed by atoms with E-state index in [1.165, 1.54) is 0 Å². The van der Waals surface area contributed by atoms with Gasteiger partial charge in [-0.3, -0.25) is 4.99 Å². The Hall–Kier alpha value is -1.82. The van der Waals surface area contributed by atoms with Crippen LogP contribution in [-0.2, 0) is 11.3 Å². The minimum Gasteiger partial charge on any atom is -0.378 e. The molecule has 6 heteroatoms. The molecular formula is C20H33FN4O. The second kappa shape index (κ2) is 10.4. The number of halogens is 1. The molecular weight excluding hydrogens is 331 g/mol. The molecule has 1 heterocycles. The summed E-state index contributed by atoms with van der Waals surface area (Å²) in [6.45, 7) is 10.9. The molecule has 1 aromatic carbocycles. The summed E-state index contributed by atoms with van der Waals surface area (Å²) >= 11 is 0. The van der Waals surface area contributed by atoms with Gasteiger partial charge in [0, 0.05) is 46.4 Å². The Labute approximate surface area is 157 Å². The Balaban J connectivity index is 1.92. The third kappa shape index (κ3) is 5.34. The molecule has 0 aromatic heterocycles. The second-order valence-corrected chi connectivity index (χ2v) is 6.50. The van der Waals surface area contributed by atoms with Crippen molar-refractivity contribution in [3.8, 4) is 0 Å². The Morgan fingerprint density at radius 2 is 1.96 bits per heavy atom. The number of piperidine rings is 1. The summed E-state index contributed by atoms with van der Waals surface area (Å²) in [6.07, 6.45) is 2.39. The second-order valence-electron chi connectivity index (χ2n) is 6.50. The monoisotopic (exact) mass is 364 g/mol. The van der Waals surface area contributed by atoms with Crippen LogP contribution in [0.3, 0.4) is 0 Å². The van der Waals surface area contributed by atoms with Gasteiger partial charge in [0.15, 0.2) is 5.96 Å². The van der Waals surface area contributed by atoms with Gasteiger partial charge in [-0.25, -0.2) is 4.39 Å². The van der Waals surface area contributed by atoms with Gasteiger partial charge in [0.2, 0.25) is 0 Å². The first-order valence-electron chi connectivity index (χ1n) is 9.73. The maximum atomic E-state index is 14.4. The summed E-state index contributed by atoms with van der Waals surface area (Å²) in [5, 5.41) is 3.36. The molecule has 0 radical (unpaired) electrons. The number of ether oxygens (including phenoxy) is 1. The van der Waals surface area contributed by atoms with Crippen molar-refractivity contribution in [3.05, 3.63) is 29.6 Å². The molecule has 0 bridgehead atoms. The van der Waals surface area contributed by atoms with E-state index in [9.17, 15) is 4.39 Å². The van der Waals surface area contributed by atoms with Crippen LogP contribution in [0.4, 0.5) is 10.1 Å². The van der Waals surface area contributed by atoms with Gasteiger partial charge in [-0.1, -0.05) is 6.07 Å². The van der Waals surface area contributed by atoms with Crippen molar-refractivity contribution >= 4 is 11.6 Å². The number of rotatable bonds is 7. The van der Waals surface area contributed by atoms with Gasteiger partial charge in [-0.15, -0.1) is 0 Å². The predicted octanol–water partition coefficient (Wildman–Crippen LogP) is 3.25. The fourth-order valence-corrected chi connectivity index (χ4v) is 3.46. The fourth-order valence-electron chi connectivity index (χ4n) is 3.46. The quantitative estimate of drug-likeness (QED) is 0.596. The molecule has 26 heavy (non-hydrogen) atoms. The largest absolute Gasteiger partial charge is 0.378 e. The zero-order valence-electron chi connectivity index (χ0n) is 16.6. The Morgan fingerprint density at radius 3 is 2.50 bits per heavy atom.